The summed E-state index contributed by atoms with van der Waals surface area (Å²) in [5.74, 6) is 0.700. The topological polar surface area (TPSA) is 55.2 Å². The molecule has 4 heteroatoms. The van der Waals surface area contributed by atoms with E-state index in [0.717, 1.165) is 17.7 Å². The van der Waals surface area contributed by atoms with Gasteiger partial charge in [-0.25, -0.2) is 9.97 Å². The van der Waals surface area contributed by atoms with Gasteiger partial charge in [-0.3, -0.25) is 0 Å². The first kappa shape index (κ1) is 13.1. The Morgan fingerprint density at radius 2 is 2.12 bits per heavy atom. The van der Waals surface area contributed by atoms with Crippen molar-refractivity contribution in [2.75, 3.05) is 6.61 Å². The van der Waals surface area contributed by atoms with Gasteiger partial charge in [0.2, 0.25) is 0 Å². The van der Waals surface area contributed by atoms with Crippen molar-refractivity contribution in [1.82, 2.24) is 9.97 Å². The van der Waals surface area contributed by atoms with Crippen LogP contribution in [0.3, 0.4) is 0 Å². The first-order valence-electron chi connectivity index (χ1n) is 5.73. The molecule has 0 amide bonds. The van der Waals surface area contributed by atoms with Crippen LogP contribution in [0, 0.1) is 6.92 Å². The highest BCUT2D eigenvalue weighted by Crippen LogP contribution is 2.20. The smallest absolute Gasteiger partial charge is 0.157 e. The van der Waals surface area contributed by atoms with Crippen LogP contribution in [0.15, 0.2) is 6.20 Å². The Balaban J connectivity index is 2.95. The van der Waals surface area contributed by atoms with E-state index in [4.69, 9.17) is 4.74 Å². The first-order valence-corrected chi connectivity index (χ1v) is 5.73. The minimum absolute atomic E-state index is 0.0493. The van der Waals surface area contributed by atoms with Crippen LogP contribution in [-0.4, -0.2) is 21.7 Å². The van der Waals surface area contributed by atoms with E-state index >= 15 is 0 Å². The van der Waals surface area contributed by atoms with Crippen molar-refractivity contribution >= 4 is 0 Å². The molecule has 1 aromatic rings. The molecule has 0 aliphatic heterocycles. The van der Waals surface area contributed by atoms with Crippen LogP contribution in [0.5, 0.6) is 0 Å². The molecule has 16 heavy (non-hydrogen) atoms. The molecule has 2 atom stereocenters. The number of aliphatic hydroxyl groups is 1. The van der Waals surface area contributed by atoms with Crippen molar-refractivity contribution in [3.8, 4) is 0 Å². The third kappa shape index (κ3) is 3.00. The maximum Gasteiger partial charge on any atom is 0.157 e. The summed E-state index contributed by atoms with van der Waals surface area (Å²) in [7, 11) is 0. The number of aryl methyl sites for hydroxylation is 1. The van der Waals surface area contributed by atoms with Crippen LogP contribution in [0.4, 0.5) is 0 Å². The Morgan fingerprint density at radius 1 is 1.44 bits per heavy atom. The van der Waals surface area contributed by atoms with Gasteiger partial charge in [0.15, 0.2) is 5.82 Å². The molecular formula is C12H20N2O2. The second kappa shape index (κ2) is 5.92. The Labute approximate surface area is 96.7 Å². The molecule has 1 unspecified atom stereocenters. The fourth-order valence-corrected chi connectivity index (χ4v) is 1.64. The first-order chi connectivity index (χ1) is 7.60. The molecule has 4 nitrogen and oxygen atoms in total. The number of nitrogens with zero attached hydrogens (tertiary/aromatic N) is 2. The molecule has 0 bridgehead atoms. The molecule has 0 aliphatic rings. The molecule has 0 saturated carbocycles. The Kier molecular flexibility index (Phi) is 4.83. The van der Waals surface area contributed by atoms with Crippen molar-refractivity contribution in [3.63, 3.8) is 0 Å². The van der Waals surface area contributed by atoms with Gasteiger partial charge in [-0.15, -0.1) is 0 Å². The van der Waals surface area contributed by atoms with Crippen LogP contribution in [0.25, 0.3) is 0 Å². The summed E-state index contributed by atoms with van der Waals surface area (Å²) in [6, 6.07) is 0. The minimum Gasteiger partial charge on any atom is -0.389 e. The highest BCUT2D eigenvalue weighted by molar-refractivity contribution is 5.18. The summed E-state index contributed by atoms with van der Waals surface area (Å²) in [5.41, 5.74) is 1.59. The summed E-state index contributed by atoms with van der Waals surface area (Å²) in [6.07, 6.45) is 1.96. The van der Waals surface area contributed by atoms with Crippen molar-refractivity contribution < 1.29 is 9.84 Å². The van der Waals surface area contributed by atoms with E-state index in [1.807, 2.05) is 20.8 Å². The molecule has 90 valence electrons. The highest BCUT2D eigenvalue weighted by atomic mass is 16.5. The summed E-state index contributed by atoms with van der Waals surface area (Å²) in [4.78, 5) is 8.64. The average molecular weight is 224 g/mol. The maximum absolute atomic E-state index is 9.48. The predicted octanol–water partition coefficient (Wildman–Crippen LogP) is 2.33. The molecule has 0 fully saturated rings. The van der Waals surface area contributed by atoms with Gasteiger partial charge in [-0.05, 0) is 27.2 Å². The largest absolute Gasteiger partial charge is 0.389 e. The lowest BCUT2D eigenvalue weighted by atomic mass is 10.1. The molecule has 1 rings (SSSR count). The lowest BCUT2D eigenvalue weighted by Crippen LogP contribution is -2.10. The summed E-state index contributed by atoms with van der Waals surface area (Å²) < 4.78 is 5.55. The summed E-state index contributed by atoms with van der Waals surface area (Å²) in [5, 5.41) is 9.48. The average Bonchev–Trinajstić information content (AvgIpc) is 2.25. The number of hydrogen-bond acceptors (Lipinski definition) is 4. The van der Waals surface area contributed by atoms with Crippen LogP contribution in [0.1, 0.15) is 56.5 Å². The number of aromatic nitrogens is 2. The van der Waals surface area contributed by atoms with E-state index in [0.29, 0.717) is 12.4 Å². The fraction of sp³-hybridized carbons (Fsp3) is 0.667. The highest BCUT2D eigenvalue weighted by Gasteiger charge is 2.15. The van der Waals surface area contributed by atoms with Crippen molar-refractivity contribution in [2.24, 2.45) is 0 Å². The van der Waals surface area contributed by atoms with Gasteiger partial charge < -0.3 is 9.84 Å². The van der Waals surface area contributed by atoms with E-state index in [-0.39, 0.29) is 6.10 Å². The summed E-state index contributed by atoms with van der Waals surface area (Å²) in [6.45, 7) is 8.25. The van der Waals surface area contributed by atoms with Gasteiger partial charge in [-0.1, -0.05) is 6.92 Å². The van der Waals surface area contributed by atoms with Crippen LogP contribution in [0.2, 0.25) is 0 Å². The number of ether oxygens (including phenoxy) is 1. The lowest BCUT2D eigenvalue weighted by Gasteiger charge is -2.15. The molecule has 1 aromatic heterocycles. The van der Waals surface area contributed by atoms with Gasteiger partial charge in [0, 0.05) is 24.1 Å². The van der Waals surface area contributed by atoms with Gasteiger partial charge in [-0.2, -0.15) is 0 Å². The third-order valence-electron chi connectivity index (χ3n) is 2.51. The zero-order valence-corrected chi connectivity index (χ0v) is 10.4. The van der Waals surface area contributed by atoms with Crippen molar-refractivity contribution in [2.45, 2.75) is 46.3 Å². The fourth-order valence-electron chi connectivity index (χ4n) is 1.64. The number of hydrogen-bond donors (Lipinski definition) is 1. The third-order valence-corrected chi connectivity index (χ3v) is 2.51. The summed E-state index contributed by atoms with van der Waals surface area (Å²) >= 11 is 0. The predicted molar refractivity (Wildman–Crippen MR) is 62.1 cm³/mol. The van der Waals surface area contributed by atoms with Crippen LogP contribution < -0.4 is 0 Å². The van der Waals surface area contributed by atoms with Gasteiger partial charge in [0.1, 0.15) is 6.10 Å². The van der Waals surface area contributed by atoms with Gasteiger partial charge >= 0.3 is 0 Å². The SMILES string of the molecule is CCOC(CC)c1ncc([C@H](C)O)c(C)n1. The monoisotopic (exact) mass is 224 g/mol. The standard InChI is InChI=1S/C12H20N2O2/c1-5-11(16-6-2)12-13-7-10(9(4)15)8(3)14-12/h7,9,11,15H,5-6H2,1-4H3/t9-,11?/m0/s1. The Bertz CT molecular complexity index is 340. The van der Waals surface area contributed by atoms with E-state index < -0.39 is 6.10 Å². The van der Waals surface area contributed by atoms with Crippen molar-refractivity contribution in [1.29, 1.82) is 0 Å². The van der Waals surface area contributed by atoms with Crippen LogP contribution in [-0.2, 0) is 4.74 Å². The maximum atomic E-state index is 9.48. The number of aliphatic hydroxyl groups excluding tert-OH is 1. The normalized spacial score (nSPS) is 14.8. The Hall–Kier alpha value is -1.00. The van der Waals surface area contributed by atoms with E-state index in [9.17, 15) is 5.11 Å². The van der Waals surface area contributed by atoms with E-state index in [2.05, 4.69) is 9.97 Å². The molecule has 0 spiro atoms. The molecule has 0 aliphatic carbocycles. The molecule has 0 saturated heterocycles. The van der Waals surface area contributed by atoms with Crippen molar-refractivity contribution in [3.05, 3.63) is 23.3 Å². The Morgan fingerprint density at radius 3 is 2.56 bits per heavy atom. The lowest BCUT2D eigenvalue weighted by molar-refractivity contribution is 0.0531. The van der Waals surface area contributed by atoms with E-state index in [1.54, 1.807) is 13.1 Å². The zero-order chi connectivity index (χ0) is 12.1. The second-order valence-electron chi connectivity index (χ2n) is 3.80. The molecule has 0 aromatic carbocycles. The van der Waals surface area contributed by atoms with Crippen LogP contribution >= 0.6 is 0 Å². The molecule has 0 radical (unpaired) electrons. The van der Waals surface area contributed by atoms with E-state index in [1.165, 1.54) is 0 Å². The second-order valence-corrected chi connectivity index (χ2v) is 3.80. The number of rotatable bonds is 5. The molecule has 1 heterocycles. The quantitative estimate of drug-likeness (QED) is 0.834. The van der Waals surface area contributed by atoms with Gasteiger partial charge in [0.05, 0.1) is 6.10 Å². The molecular weight excluding hydrogens is 204 g/mol. The zero-order valence-electron chi connectivity index (χ0n) is 10.4. The molecule has 1 N–H and O–H groups in total. The minimum atomic E-state index is -0.527. The van der Waals surface area contributed by atoms with Gasteiger partial charge in [0.25, 0.3) is 0 Å².